The van der Waals surface area contributed by atoms with Crippen LogP contribution in [-0.4, -0.2) is 36.2 Å². The number of rotatable bonds is 2. The van der Waals surface area contributed by atoms with E-state index < -0.39 is 0 Å². The number of thiocarbonyl (C=S) groups is 1. The first-order valence-electron chi connectivity index (χ1n) is 7.44. The molecule has 1 saturated heterocycles. The van der Waals surface area contributed by atoms with Crippen LogP contribution in [0.15, 0.2) is 48.5 Å². The molecule has 0 amide bonds. The molecule has 0 unspecified atom stereocenters. The molecular weight excluding hydrogens is 333 g/mol. The van der Waals surface area contributed by atoms with E-state index in [2.05, 4.69) is 15.1 Å². The van der Waals surface area contributed by atoms with Crippen LogP contribution in [0.5, 0.6) is 0 Å². The number of anilines is 2. The molecule has 3 nitrogen and oxygen atoms in total. The van der Waals surface area contributed by atoms with Crippen molar-refractivity contribution in [1.29, 1.82) is 0 Å². The van der Waals surface area contributed by atoms with Crippen molar-refractivity contribution in [2.75, 3.05) is 36.4 Å². The third-order valence-corrected chi connectivity index (χ3v) is 4.47. The number of nitrogens with one attached hydrogen (secondary N) is 1. The van der Waals surface area contributed by atoms with Crippen LogP contribution < -0.4 is 10.2 Å². The molecule has 0 aliphatic carbocycles. The highest BCUT2D eigenvalue weighted by atomic mass is 35.5. The van der Waals surface area contributed by atoms with Crippen LogP contribution in [0.3, 0.4) is 0 Å². The molecule has 1 fully saturated rings. The third kappa shape index (κ3) is 4.12. The maximum atomic E-state index is 13.0. The Kier molecular flexibility index (Phi) is 4.98. The van der Waals surface area contributed by atoms with Gasteiger partial charge in [0.2, 0.25) is 0 Å². The molecule has 1 aliphatic rings. The van der Waals surface area contributed by atoms with Gasteiger partial charge in [0.25, 0.3) is 0 Å². The van der Waals surface area contributed by atoms with E-state index >= 15 is 0 Å². The molecule has 0 radical (unpaired) electrons. The zero-order valence-electron chi connectivity index (χ0n) is 12.5. The lowest BCUT2D eigenvalue weighted by molar-refractivity contribution is 0.391. The maximum absolute atomic E-state index is 13.0. The lowest BCUT2D eigenvalue weighted by Gasteiger charge is -2.37. The largest absolute Gasteiger partial charge is 0.368 e. The van der Waals surface area contributed by atoms with Crippen LogP contribution in [-0.2, 0) is 0 Å². The van der Waals surface area contributed by atoms with Crippen molar-refractivity contribution in [2.45, 2.75) is 0 Å². The molecule has 6 heteroatoms. The van der Waals surface area contributed by atoms with Gasteiger partial charge in [0.1, 0.15) is 5.82 Å². The molecule has 0 saturated carbocycles. The van der Waals surface area contributed by atoms with Gasteiger partial charge in [-0.25, -0.2) is 4.39 Å². The van der Waals surface area contributed by atoms with E-state index in [0.717, 1.165) is 37.6 Å². The number of piperazine rings is 1. The Hall–Kier alpha value is -1.85. The number of hydrogen-bond acceptors (Lipinski definition) is 2. The second-order valence-electron chi connectivity index (χ2n) is 5.39. The average molecular weight is 350 g/mol. The van der Waals surface area contributed by atoms with Gasteiger partial charge in [0, 0.05) is 42.6 Å². The highest BCUT2D eigenvalue weighted by molar-refractivity contribution is 7.80. The molecule has 23 heavy (non-hydrogen) atoms. The van der Waals surface area contributed by atoms with Crippen LogP contribution in [0.1, 0.15) is 0 Å². The Bertz CT molecular complexity index is 667. The lowest BCUT2D eigenvalue weighted by Crippen LogP contribution is -2.50. The summed E-state index contributed by atoms with van der Waals surface area (Å²) in [5, 5.41) is 4.65. The van der Waals surface area contributed by atoms with Crippen LogP contribution in [0, 0.1) is 5.82 Å². The van der Waals surface area contributed by atoms with Gasteiger partial charge >= 0.3 is 0 Å². The predicted octanol–water partition coefficient (Wildman–Crippen LogP) is 4.00. The van der Waals surface area contributed by atoms with Gasteiger partial charge in [-0.05, 0) is 60.7 Å². The molecule has 2 aromatic rings. The van der Waals surface area contributed by atoms with Crippen LogP contribution >= 0.6 is 23.8 Å². The summed E-state index contributed by atoms with van der Waals surface area (Å²) >= 11 is 11.4. The molecule has 0 aromatic heterocycles. The summed E-state index contributed by atoms with van der Waals surface area (Å²) in [5.41, 5.74) is 1.97. The number of benzene rings is 2. The minimum absolute atomic E-state index is 0.208. The van der Waals surface area contributed by atoms with Crippen LogP contribution in [0.2, 0.25) is 5.02 Å². The van der Waals surface area contributed by atoms with Gasteiger partial charge in [-0.2, -0.15) is 0 Å². The zero-order valence-corrected chi connectivity index (χ0v) is 14.1. The fourth-order valence-corrected chi connectivity index (χ4v) is 2.98. The van der Waals surface area contributed by atoms with Crippen molar-refractivity contribution in [2.24, 2.45) is 0 Å². The van der Waals surface area contributed by atoms with Crippen LogP contribution in [0.25, 0.3) is 0 Å². The van der Waals surface area contributed by atoms with Crippen LogP contribution in [0.4, 0.5) is 15.8 Å². The smallest absolute Gasteiger partial charge is 0.173 e. The Morgan fingerprint density at radius 1 is 0.957 bits per heavy atom. The van der Waals surface area contributed by atoms with Gasteiger partial charge in [-0.3, -0.25) is 0 Å². The van der Waals surface area contributed by atoms with Crippen molar-refractivity contribution in [3.63, 3.8) is 0 Å². The first-order chi connectivity index (χ1) is 11.1. The summed E-state index contributed by atoms with van der Waals surface area (Å²) in [6.45, 7) is 3.37. The second kappa shape index (κ2) is 7.15. The summed E-state index contributed by atoms with van der Waals surface area (Å²) in [5.74, 6) is -0.208. The standard InChI is InChI=1S/C17H17ClFN3S/c18-13-1-5-15(6-2-13)20-17(23)22-11-9-21(10-12-22)16-7-3-14(19)4-8-16/h1-8H,9-12H2,(H,20,23). The zero-order chi connectivity index (χ0) is 16.2. The molecule has 3 rings (SSSR count). The lowest BCUT2D eigenvalue weighted by atomic mass is 10.2. The van der Waals surface area contributed by atoms with Crippen molar-refractivity contribution >= 4 is 40.3 Å². The van der Waals surface area contributed by atoms with Gasteiger partial charge in [0.05, 0.1) is 0 Å². The van der Waals surface area contributed by atoms with Crippen molar-refractivity contribution < 1.29 is 4.39 Å². The van der Waals surface area contributed by atoms with E-state index in [-0.39, 0.29) is 5.82 Å². The molecule has 2 aromatic carbocycles. The SMILES string of the molecule is Fc1ccc(N2CCN(C(=S)Nc3ccc(Cl)cc3)CC2)cc1. The monoisotopic (exact) mass is 349 g/mol. The molecule has 1 heterocycles. The summed E-state index contributed by atoms with van der Waals surface area (Å²) in [4.78, 5) is 4.38. The van der Waals surface area contributed by atoms with Crippen molar-refractivity contribution in [3.05, 3.63) is 59.4 Å². The Morgan fingerprint density at radius 2 is 1.57 bits per heavy atom. The van der Waals surface area contributed by atoms with Crippen molar-refractivity contribution in [1.82, 2.24) is 4.90 Å². The summed E-state index contributed by atoms with van der Waals surface area (Å²) in [6.07, 6.45) is 0. The number of halogens is 2. The average Bonchev–Trinajstić information content (AvgIpc) is 2.58. The first-order valence-corrected chi connectivity index (χ1v) is 8.22. The fourth-order valence-electron chi connectivity index (χ4n) is 2.56. The third-order valence-electron chi connectivity index (χ3n) is 3.85. The topological polar surface area (TPSA) is 18.5 Å². The van der Waals surface area contributed by atoms with E-state index in [1.807, 2.05) is 36.4 Å². The molecule has 120 valence electrons. The highest BCUT2D eigenvalue weighted by Gasteiger charge is 2.19. The van der Waals surface area contributed by atoms with E-state index in [1.165, 1.54) is 12.1 Å². The number of hydrogen-bond donors (Lipinski definition) is 1. The second-order valence-corrected chi connectivity index (χ2v) is 6.21. The normalized spacial score (nSPS) is 14.7. The Morgan fingerprint density at radius 3 is 2.17 bits per heavy atom. The molecule has 0 atom stereocenters. The predicted molar refractivity (Wildman–Crippen MR) is 97.9 cm³/mol. The van der Waals surface area contributed by atoms with Gasteiger partial charge in [0.15, 0.2) is 5.11 Å². The van der Waals surface area contributed by atoms with E-state index in [9.17, 15) is 4.39 Å². The molecular formula is C17H17ClFN3S. The molecule has 1 N–H and O–H groups in total. The molecule has 0 bridgehead atoms. The Labute approximate surface area is 145 Å². The maximum Gasteiger partial charge on any atom is 0.173 e. The summed E-state index contributed by atoms with van der Waals surface area (Å²) in [6, 6.07) is 14.1. The summed E-state index contributed by atoms with van der Waals surface area (Å²) in [7, 11) is 0. The van der Waals surface area contributed by atoms with E-state index in [0.29, 0.717) is 10.1 Å². The van der Waals surface area contributed by atoms with Gasteiger partial charge in [-0.1, -0.05) is 11.6 Å². The highest BCUT2D eigenvalue weighted by Crippen LogP contribution is 2.18. The minimum atomic E-state index is -0.208. The van der Waals surface area contributed by atoms with Gasteiger partial charge < -0.3 is 15.1 Å². The van der Waals surface area contributed by atoms with Gasteiger partial charge in [-0.15, -0.1) is 0 Å². The van der Waals surface area contributed by atoms with E-state index in [1.54, 1.807) is 0 Å². The Balaban J connectivity index is 1.54. The quantitative estimate of drug-likeness (QED) is 0.826. The molecule has 1 aliphatic heterocycles. The minimum Gasteiger partial charge on any atom is -0.368 e. The summed E-state index contributed by atoms with van der Waals surface area (Å²) < 4.78 is 13.0. The van der Waals surface area contributed by atoms with Crippen molar-refractivity contribution in [3.8, 4) is 0 Å². The fraction of sp³-hybridized carbons (Fsp3) is 0.235. The first kappa shape index (κ1) is 16.0. The molecule has 0 spiro atoms. The number of nitrogens with zero attached hydrogens (tertiary/aromatic N) is 2. The van der Waals surface area contributed by atoms with E-state index in [4.69, 9.17) is 23.8 Å².